The molecule has 0 heterocycles. The van der Waals surface area contributed by atoms with Gasteiger partial charge < -0.3 is 5.32 Å². The number of hydrogen-bond donors (Lipinski definition) is 1. The first-order valence-corrected chi connectivity index (χ1v) is 7.10. The summed E-state index contributed by atoms with van der Waals surface area (Å²) < 4.78 is 0. The van der Waals surface area contributed by atoms with Gasteiger partial charge in [-0.05, 0) is 49.1 Å². The van der Waals surface area contributed by atoms with Gasteiger partial charge in [-0.3, -0.25) is 0 Å². The van der Waals surface area contributed by atoms with Crippen molar-refractivity contribution < 1.29 is 0 Å². The van der Waals surface area contributed by atoms with Crippen molar-refractivity contribution >= 4 is 23.2 Å². The van der Waals surface area contributed by atoms with Crippen LogP contribution in [0.15, 0.2) is 18.2 Å². The maximum atomic E-state index is 6.15. The first kappa shape index (κ1) is 11.8. The standard InChI is InChI=1S/C14H17Cl2N/c15-12-2-1-3-13(16)11(12)8-17-9-14(6-7-14)10-4-5-10/h1-3,10,17H,4-9H2. The minimum absolute atomic E-state index is 0.633. The zero-order valence-corrected chi connectivity index (χ0v) is 11.3. The number of halogens is 2. The summed E-state index contributed by atoms with van der Waals surface area (Å²) in [5.41, 5.74) is 1.66. The fraction of sp³-hybridized carbons (Fsp3) is 0.571. The zero-order valence-electron chi connectivity index (χ0n) is 9.81. The van der Waals surface area contributed by atoms with Crippen molar-refractivity contribution in [3.8, 4) is 0 Å². The van der Waals surface area contributed by atoms with Gasteiger partial charge in [0.1, 0.15) is 0 Å². The fourth-order valence-corrected chi connectivity index (χ4v) is 3.25. The van der Waals surface area contributed by atoms with Crippen LogP contribution in [0.3, 0.4) is 0 Å². The van der Waals surface area contributed by atoms with Gasteiger partial charge in [0.05, 0.1) is 0 Å². The molecule has 92 valence electrons. The number of rotatable bonds is 5. The molecule has 3 rings (SSSR count). The first-order chi connectivity index (χ1) is 8.21. The highest BCUT2D eigenvalue weighted by Crippen LogP contribution is 2.60. The van der Waals surface area contributed by atoms with Crippen LogP contribution in [0.4, 0.5) is 0 Å². The molecule has 2 saturated carbocycles. The second kappa shape index (κ2) is 4.46. The van der Waals surface area contributed by atoms with Crippen molar-refractivity contribution in [3.05, 3.63) is 33.8 Å². The Kier molecular flexibility index (Phi) is 3.10. The summed E-state index contributed by atoms with van der Waals surface area (Å²) in [6.45, 7) is 1.91. The second-order valence-corrected chi connectivity index (χ2v) is 6.25. The minimum Gasteiger partial charge on any atom is -0.312 e. The van der Waals surface area contributed by atoms with Gasteiger partial charge in [-0.2, -0.15) is 0 Å². The lowest BCUT2D eigenvalue weighted by atomic mass is 10.0. The average molecular weight is 270 g/mol. The zero-order chi connectivity index (χ0) is 11.9. The molecule has 0 bridgehead atoms. The van der Waals surface area contributed by atoms with Crippen molar-refractivity contribution in [2.75, 3.05) is 6.54 Å². The number of benzene rings is 1. The molecule has 2 aliphatic rings. The molecule has 0 spiro atoms. The summed E-state index contributed by atoms with van der Waals surface area (Å²) in [6.07, 6.45) is 5.69. The van der Waals surface area contributed by atoms with E-state index in [4.69, 9.17) is 23.2 Å². The number of nitrogens with one attached hydrogen (secondary N) is 1. The third kappa shape index (κ3) is 2.47. The third-order valence-corrected chi connectivity index (χ3v) is 4.88. The van der Waals surface area contributed by atoms with E-state index in [1.165, 1.54) is 25.7 Å². The summed E-state index contributed by atoms with van der Waals surface area (Å²) >= 11 is 12.3. The van der Waals surface area contributed by atoms with Crippen molar-refractivity contribution in [2.45, 2.75) is 32.2 Å². The van der Waals surface area contributed by atoms with Gasteiger partial charge in [-0.15, -0.1) is 0 Å². The van der Waals surface area contributed by atoms with Crippen LogP contribution in [-0.4, -0.2) is 6.54 Å². The van der Waals surface area contributed by atoms with E-state index in [-0.39, 0.29) is 0 Å². The lowest BCUT2D eigenvalue weighted by Gasteiger charge is -2.16. The third-order valence-electron chi connectivity index (χ3n) is 4.18. The van der Waals surface area contributed by atoms with Crippen molar-refractivity contribution in [1.29, 1.82) is 0 Å². The predicted octanol–water partition coefficient (Wildman–Crippen LogP) is 4.27. The Morgan fingerprint density at radius 3 is 2.35 bits per heavy atom. The topological polar surface area (TPSA) is 12.0 Å². The molecule has 0 atom stereocenters. The molecule has 0 radical (unpaired) electrons. The van der Waals surface area contributed by atoms with Crippen LogP contribution < -0.4 is 5.32 Å². The highest BCUT2D eigenvalue weighted by atomic mass is 35.5. The molecule has 0 aliphatic heterocycles. The van der Waals surface area contributed by atoms with Crippen LogP contribution in [-0.2, 0) is 6.54 Å². The second-order valence-electron chi connectivity index (χ2n) is 5.44. The first-order valence-electron chi connectivity index (χ1n) is 6.35. The Morgan fingerprint density at radius 2 is 1.82 bits per heavy atom. The fourth-order valence-electron chi connectivity index (χ4n) is 2.72. The summed E-state index contributed by atoms with van der Waals surface area (Å²) in [7, 11) is 0. The summed E-state index contributed by atoms with van der Waals surface area (Å²) in [6, 6.07) is 5.69. The molecule has 2 fully saturated rings. The lowest BCUT2D eigenvalue weighted by Crippen LogP contribution is -2.25. The van der Waals surface area contributed by atoms with Gasteiger partial charge in [0.15, 0.2) is 0 Å². The van der Waals surface area contributed by atoms with Gasteiger partial charge in [0.2, 0.25) is 0 Å². The van der Waals surface area contributed by atoms with Gasteiger partial charge >= 0.3 is 0 Å². The van der Waals surface area contributed by atoms with Crippen molar-refractivity contribution in [3.63, 3.8) is 0 Å². The van der Waals surface area contributed by atoms with Crippen LogP contribution in [0.25, 0.3) is 0 Å². The summed E-state index contributed by atoms with van der Waals surface area (Å²) in [5.74, 6) is 0.997. The van der Waals surface area contributed by atoms with E-state index in [0.717, 1.165) is 34.6 Å². The van der Waals surface area contributed by atoms with E-state index in [0.29, 0.717) is 5.41 Å². The van der Waals surface area contributed by atoms with E-state index in [9.17, 15) is 0 Å². The van der Waals surface area contributed by atoms with Crippen LogP contribution in [0.2, 0.25) is 10.0 Å². The molecule has 1 aromatic rings. The molecule has 0 amide bonds. The van der Waals surface area contributed by atoms with Gasteiger partial charge in [0, 0.05) is 28.7 Å². The largest absolute Gasteiger partial charge is 0.312 e. The number of hydrogen-bond acceptors (Lipinski definition) is 1. The van der Waals surface area contributed by atoms with Gasteiger partial charge in [-0.1, -0.05) is 29.3 Å². The molecule has 17 heavy (non-hydrogen) atoms. The van der Waals surface area contributed by atoms with Crippen LogP contribution in [0.5, 0.6) is 0 Å². The maximum absolute atomic E-state index is 6.15. The predicted molar refractivity (Wildman–Crippen MR) is 72.6 cm³/mol. The lowest BCUT2D eigenvalue weighted by molar-refractivity contribution is 0.403. The molecule has 1 aromatic carbocycles. The average Bonchev–Trinajstić information content (AvgIpc) is 3.14. The maximum Gasteiger partial charge on any atom is 0.0465 e. The quantitative estimate of drug-likeness (QED) is 0.842. The Hall–Kier alpha value is -0.240. The Labute approximate surface area is 112 Å². The van der Waals surface area contributed by atoms with Gasteiger partial charge in [-0.25, -0.2) is 0 Å². The van der Waals surface area contributed by atoms with Crippen LogP contribution in [0.1, 0.15) is 31.2 Å². The molecule has 1 nitrogen and oxygen atoms in total. The van der Waals surface area contributed by atoms with E-state index < -0.39 is 0 Å². The van der Waals surface area contributed by atoms with Crippen LogP contribution >= 0.6 is 23.2 Å². The monoisotopic (exact) mass is 269 g/mol. The van der Waals surface area contributed by atoms with E-state index >= 15 is 0 Å². The molecular weight excluding hydrogens is 253 g/mol. The van der Waals surface area contributed by atoms with Crippen molar-refractivity contribution in [2.24, 2.45) is 11.3 Å². The van der Waals surface area contributed by atoms with E-state index in [1.807, 2.05) is 18.2 Å². The van der Waals surface area contributed by atoms with E-state index in [1.54, 1.807) is 0 Å². The highest BCUT2D eigenvalue weighted by molar-refractivity contribution is 6.35. The Balaban J connectivity index is 1.57. The summed E-state index contributed by atoms with van der Waals surface area (Å²) in [4.78, 5) is 0. The molecule has 3 heteroatoms. The summed E-state index contributed by atoms with van der Waals surface area (Å²) in [5, 5.41) is 5.07. The molecule has 0 saturated heterocycles. The van der Waals surface area contributed by atoms with Crippen molar-refractivity contribution in [1.82, 2.24) is 5.32 Å². The molecular formula is C14H17Cl2N. The molecule has 0 unspecified atom stereocenters. The molecule has 2 aliphatic carbocycles. The normalized spacial score (nSPS) is 21.5. The van der Waals surface area contributed by atoms with Gasteiger partial charge in [0.25, 0.3) is 0 Å². The Morgan fingerprint density at radius 1 is 1.18 bits per heavy atom. The SMILES string of the molecule is Clc1cccc(Cl)c1CNCC1(C2CC2)CC1. The highest BCUT2D eigenvalue weighted by Gasteiger charge is 2.53. The Bertz CT molecular complexity index is 402. The smallest absolute Gasteiger partial charge is 0.0465 e. The molecule has 0 aromatic heterocycles. The van der Waals surface area contributed by atoms with E-state index in [2.05, 4.69) is 5.32 Å². The van der Waals surface area contributed by atoms with Crippen LogP contribution in [0, 0.1) is 11.3 Å². The molecule has 1 N–H and O–H groups in total. The minimum atomic E-state index is 0.633.